The maximum atomic E-state index is 14.4. The summed E-state index contributed by atoms with van der Waals surface area (Å²) >= 11 is 0. The molecule has 2 aliphatic heterocycles. The van der Waals surface area contributed by atoms with Gasteiger partial charge in [0.05, 0.1) is 6.61 Å². The van der Waals surface area contributed by atoms with Crippen molar-refractivity contribution in [2.24, 2.45) is 0 Å². The Bertz CT molecular complexity index is 2190. The monoisotopic (exact) mass is 698 g/mol. The van der Waals surface area contributed by atoms with Gasteiger partial charge in [0.1, 0.15) is 0 Å². The highest BCUT2D eigenvalue weighted by molar-refractivity contribution is 6.41. The highest BCUT2D eigenvalue weighted by Crippen LogP contribution is 2.46. The zero-order chi connectivity index (χ0) is 36.5. The molecule has 0 aliphatic carbocycles. The van der Waals surface area contributed by atoms with E-state index in [4.69, 9.17) is 10.3 Å². The number of esters is 1. The molecule has 0 N–H and O–H groups in total. The van der Waals surface area contributed by atoms with Gasteiger partial charge in [-0.3, -0.25) is 29.0 Å². The summed E-state index contributed by atoms with van der Waals surface area (Å²) < 4.78 is 4.95. The van der Waals surface area contributed by atoms with Gasteiger partial charge >= 0.3 is 12.2 Å². The SMILES string of the molecule is CCCCCCC(CCCCCC)N1C(=O)c2ccc3c4ccc5c6c(ccc(c7ccc(c2c37)C1=O)c64)C(=O)N(CCCOC(=O)C=[N+]=[N-])C5=O. The van der Waals surface area contributed by atoms with E-state index in [9.17, 15) is 24.0 Å². The molecule has 0 unspecified atom stereocenters. The van der Waals surface area contributed by atoms with Crippen LogP contribution in [0.25, 0.3) is 48.6 Å². The molecule has 4 amide bonds. The Balaban J connectivity index is 1.28. The molecule has 0 radical (unpaired) electrons. The molecule has 0 saturated carbocycles. The van der Waals surface area contributed by atoms with Crippen LogP contribution in [0.2, 0.25) is 0 Å². The summed E-state index contributed by atoms with van der Waals surface area (Å²) in [5.41, 5.74) is 10.4. The van der Waals surface area contributed by atoms with E-state index in [0.717, 1.165) is 96.5 Å². The van der Waals surface area contributed by atoms with E-state index in [0.29, 0.717) is 39.2 Å². The first-order valence-electron chi connectivity index (χ1n) is 18.6. The number of unbranched alkanes of at least 4 members (excludes halogenated alkanes) is 6. The van der Waals surface area contributed by atoms with Crippen molar-refractivity contribution in [3.05, 3.63) is 76.3 Å². The highest BCUT2D eigenvalue weighted by Gasteiger charge is 2.39. The first kappa shape index (κ1) is 35.0. The zero-order valence-corrected chi connectivity index (χ0v) is 29.7. The fraction of sp³-hybridized carbons (Fsp3) is 0.381. The van der Waals surface area contributed by atoms with Gasteiger partial charge in [-0.1, -0.05) is 89.5 Å². The Kier molecular flexibility index (Phi) is 9.84. The minimum absolute atomic E-state index is 0.0384. The molecule has 10 nitrogen and oxygen atoms in total. The van der Waals surface area contributed by atoms with Crippen LogP contribution in [0, 0.1) is 0 Å². The molecule has 0 saturated heterocycles. The molecule has 266 valence electrons. The van der Waals surface area contributed by atoms with Crippen molar-refractivity contribution in [2.45, 2.75) is 90.5 Å². The van der Waals surface area contributed by atoms with Gasteiger partial charge in [0.2, 0.25) is 0 Å². The fourth-order valence-corrected chi connectivity index (χ4v) is 8.37. The topological polar surface area (TPSA) is 137 Å². The predicted molar refractivity (Wildman–Crippen MR) is 200 cm³/mol. The molecule has 2 aliphatic rings. The number of amides is 4. The molecule has 0 bridgehead atoms. The molecule has 7 rings (SSSR count). The van der Waals surface area contributed by atoms with E-state index >= 15 is 0 Å². The Morgan fingerprint density at radius 3 is 1.50 bits per heavy atom. The molecule has 5 aromatic rings. The van der Waals surface area contributed by atoms with E-state index in [1.54, 1.807) is 17.0 Å². The second-order valence-electron chi connectivity index (χ2n) is 14.0. The van der Waals surface area contributed by atoms with Gasteiger partial charge in [0.25, 0.3) is 23.6 Å². The number of fused-ring (bicyclic) bond motifs is 2. The van der Waals surface area contributed by atoms with E-state index in [-0.39, 0.29) is 37.4 Å². The van der Waals surface area contributed by atoms with Gasteiger partial charge in [-0.2, -0.15) is 4.79 Å². The van der Waals surface area contributed by atoms with E-state index < -0.39 is 17.8 Å². The number of ether oxygens (including phenoxy) is 1. The third-order valence-electron chi connectivity index (χ3n) is 10.8. The van der Waals surface area contributed by atoms with Gasteiger partial charge in [-0.05, 0) is 75.8 Å². The molecule has 2 heterocycles. The molecular weight excluding hydrogens is 656 g/mol. The van der Waals surface area contributed by atoms with E-state index in [2.05, 4.69) is 18.6 Å². The lowest BCUT2D eigenvalue weighted by Crippen LogP contribution is -2.47. The lowest BCUT2D eigenvalue weighted by molar-refractivity contribution is -0.139. The molecular formula is C42H42N4O6. The van der Waals surface area contributed by atoms with E-state index in [1.807, 2.05) is 36.4 Å². The van der Waals surface area contributed by atoms with Crippen molar-refractivity contribution in [3.8, 4) is 0 Å². The Hall–Kier alpha value is -5.47. The van der Waals surface area contributed by atoms with Crippen molar-refractivity contribution in [3.63, 3.8) is 0 Å². The van der Waals surface area contributed by atoms with Crippen LogP contribution in [0.15, 0.2) is 48.5 Å². The van der Waals surface area contributed by atoms with Crippen LogP contribution in [0.4, 0.5) is 0 Å². The quantitative estimate of drug-likeness (QED) is 0.0148. The Morgan fingerprint density at radius 1 is 0.635 bits per heavy atom. The Morgan fingerprint density at radius 2 is 1.08 bits per heavy atom. The fourth-order valence-electron chi connectivity index (χ4n) is 8.37. The normalized spacial score (nSPS) is 14.1. The second-order valence-corrected chi connectivity index (χ2v) is 14.0. The first-order chi connectivity index (χ1) is 25.3. The molecule has 5 aromatic carbocycles. The molecule has 0 atom stereocenters. The number of imide groups is 2. The van der Waals surface area contributed by atoms with Crippen LogP contribution < -0.4 is 0 Å². The predicted octanol–water partition coefficient (Wildman–Crippen LogP) is 8.47. The minimum Gasteiger partial charge on any atom is -0.457 e. The van der Waals surface area contributed by atoms with Crippen LogP contribution in [-0.2, 0) is 9.53 Å². The van der Waals surface area contributed by atoms with Crippen molar-refractivity contribution in [1.82, 2.24) is 9.80 Å². The van der Waals surface area contributed by atoms with Crippen LogP contribution in [0.1, 0.15) is 126 Å². The molecule has 10 heteroatoms. The van der Waals surface area contributed by atoms with Gasteiger partial charge in [0.15, 0.2) is 0 Å². The average Bonchev–Trinajstić information content (AvgIpc) is 3.15. The summed E-state index contributed by atoms with van der Waals surface area (Å²) in [6.45, 7) is 4.33. The average molecular weight is 699 g/mol. The van der Waals surface area contributed by atoms with Crippen LogP contribution in [0.3, 0.4) is 0 Å². The molecule has 52 heavy (non-hydrogen) atoms. The number of nitrogens with zero attached hydrogens (tertiary/aromatic N) is 4. The van der Waals surface area contributed by atoms with Crippen LogP contribution >= 0.6 is 0 Å². The van der Waals surface area contributed by atoms with Gasteiger partial charge < -0.3 is 10.3 Å². The van der Waals surface area contributed by atoms with Crippen molar-refractivity contribution < 1.29 is 33.5 Å². The van der Waals surface area contributed by atoms with Crippen molar-refractivity contribution in [1.29, 1.82) is 0 Å². The van der Waals surface area contributed by atoms with Gasteiger partial charge in [0, 0.05) is 45.6 Å². The third kappa shape index (κ3) is 5.81. The van der Waals surface area contributed by atoms with E-state index in [1.165, 1.54) is 4.90 Å². The molecule has 0 aromatic heterocycles. The number of carbonyl (C=O) groups excluding carboxylic acids is 5. The van der Waals surface area contributed by atoms with Crippen LogP contribution in [-0.4, -0.2) is 69.6 Å². The standard InChI is InChI=1S/C42H42N4O6/c1-3-5-7-9-12-25(13-10-8-6-4-2)46-41(50)32-20-16-28-26-14-18-30-37-31(40(49)45(39(30)48)22-11-23-52-34(47)24-44-43)19-15-27(35(26)37)29-17-21-33(42(46)51)38(32)36(28)29/h14-21,24-25H,3-13,22-23H2,1-2H3. The lowest BCUT2D eigenvalue weighted by Gasteiger charge is -2.35. The van der Waals surface area contributed by atoms with Gasteiger partial charge in [-0.15, -0.1) is 0 Å². The number of hydrogen-bond donors (Lipinski definition) is 0. The second kappa shape index (κ2) is 14.6. The smallest absolute Gasteiger partial charge is 0.413 e. The number of hydrogen-bond acceptors (Lipinski definition) is 6. The summed E-state index contributed by atoms with van der Waals surface area (Å²) in [4.78, 5) is 73.1. The van der Waals surface area contributed by atoms with Crippen LogP contribution in [0.5, 0.6) is 0 Å². The zero-order valence-electron chi connectivity index (χ0n) is 29.7. The number of benzene rings is 5. The summed E-state index contributed by atoms with van der Waals surface area (Å²) in [7, 11) is 0. The lowest BCUT2D eigenvalue weighted by atomic mass is 9.82. The summed E-state index contributed by atoms with van der Waals surface area (Å²) in [6, 6.07) is 14.7. The summed E-state index contributed by atoms with van der Waals surface area (Å²) in [6.07, 6.45) is 11.1. The maximum absolute atomic E-state index is 14.4. The number of rotatable bonds is 16. The molecule has 0 fully saturated rings. The largest absolute Gasteiger partial charge is 0.457 e. The number of carbonyl (C=O) groups is 5. The first-order valence-corrected chi connectivity index (χ1v) is 18.6. The summed E-state index contributed by atoms with van der Waals surface area (Å²) in [5.74, 6) is -2.16. The minimum atomic E-state index is -0.824. The molecule has 0 spiro atoms. The Labute approximate surface area is 301 Å². The third-order valence-corrected chi connectivity index (χ3v) is 10.8. The maximum Gasteiger partial charge on any atom is 0.413 e. The van der Waals surface area contributed by atoms with Crippen molar-refractivity contribution in [2.75, 3.05) is 13.2 Å². The summed E-state index contributed by atoms with van der Waals surface area (Å²) in [5, 5.41) is 6.26. The van der Waals surface area contributed by atoms with Gasteiger partial charge in [-0.25, -0.2) is 4.79 Å². The highest BCUT2D eigenvalue weighted by atomic mass is 16.5. The van der Waals surface area contributed by atoms with Crippen molar-refractivity contribution >= 4 is 78.9 Å².